The van der Waals surface area contributed by atoms with Crippen LogP contribution in [0, 0.1) is 11.8 Å². The summed E-state index contributed by atoms with van der Waals surface area (Å²) >= 11 is 0. The van der Waals surface area contributed by atoms with Gasteiger partial charge in [0.2, 0.25) is 0 Å². The fraction of sp³-hybridized carbons (Fsp3) is 0.500. The zero-order valence-electron chi connectivity index (χ0n) is 11.3. The van der Waals surface area contributed by atoms with Crippen molar-refractivity contribution in [3.05, 3.63) is 24.3 Å². The van der Waals surface area contributed by atoms with Gasteiger partial charge in [0.15, 0.2) is 6.23 Å². The van der Waals surface area contributed by atoms with Crippen molar-refractivity contribution >= 4 is 17.0 Å². The van der Waals surface area contributed by atoms with Crippen molar-refractivity contribution in [3.8, 4) is 0 Å². The van der Waals surface area contributed by atoms with Crippen LogP contribution in [0.4, 0.5) is 0 Å². The highest BCUT2D eigenvalue weighted by atomic mass is 16.5. The van der Waals surface area contributed by atoms with E-state index in [4.69, 9.17) is 4.74 Å². The van der Waals surface area contributed by atoms with Gasteiger partial charge in [0.25, 0.3) is 0 Å². The Morgan fingerprint density at radius 3 is 3.00 bits per heavy atom. The van der Waals surface area contributed by atoms with Gasteiger partial charge in [-0.25, -0.2) is 4.68 Å². The van der Waals surface area contributed by atoms with Gasteiger partial charge in [-0.3, -0.25) is 4.79 Å². The van der Waals surface area contributed by atoms with Crippen molar-refractivity contribution in [2.75, 3.05) is 7.11 Å². The summed E-state index contributed by atoms with van der Waals surface area (Å²) in [4.78, 5) is 11.3. The summed E-state index contributed by atoms with van der Waals surface area (Å²) in [5.41, 5.74) is 1.57. The van der Waals surface area contributed by atoms with Gasteiger partial charge in [0.05, 0.1) is 12.6 Å². The highest BCUT2D eigenvalue weighted by molar-refractivity contribution is 5.74. The first kappa shape index (κ1) is 13.1. The van der Waals surface area contributed by atoms with Gasteiger partial charge >= 0.3 is 5.97 Å². The molecule has 2 aromatic rings. The lowest BCUT2D eigenvalue weighted by Crippen LogP contribution is -2.36. The van der Waals surface area contributed by atoms with Crippen LogP contribution in [0.2, 0.25) is 0 Å². The van der Waals surface area contributed by atoms with Gasteiger partial charge in [0, 0.05) is 12.3 Å². The first-order valence-electron chi connectivity index (χ1n) is 6.75. The molecule has 0 radical (unpaired) electrons. The predicted molar refractivity (Wildman–Crippen MR) is 71.6 cm³/mol. The van der Waals surface area contributed by atoms with Gasteiger partial charge in [0.1, 0.15) is 5.52 Å². The minimum Gasteiger partial charge on any atom is -0.469 e. The molecule has 1 aromatic heterocycles. The zero-order chi connectivity index (χ0) is 14.1. The molecule has 1 aliphatic rings. The Kier molecular flexibility index (Phi) is 3.40. The first-order valence-corrected chi connectivity index (χ1v) is 6.75. The van der Waals surface area contributed by atoms with Crippen LogP contribution >= 0.6 is 0 Å². The predicted octanol–water partition coefficient (Wildman–Crippen LogP) is 1.51. The molecule has 6 nitrogen and oxygen atoms in total. The number of carbonyl (C=O) groups is 1. The molecule has 20 heavy (non-hydrogen) atoms. The normalized spacial score (nSPS) is 23.3. The molecule has 0 unspecified atom stereocenters. The lowest BCUT2D eigenvalue weighted by molar-refractivity contribution is -0.145. The number of fused-ring (bicyclic) bond motifs is 1. The summed E-state index contributed by atoms with van der Waals surface area (Å²) in [7, 11) is 1.39. The van der Waals surface area contributed by atoms with E-state index < -0.39 is 6.23 Å². The Bertz CT molecular complexity index is 625. The number of hydrogen-bond acceptors (Lipinski definition) is 5. The number of carbonyl (C=O) groups excluding carboxylic acids is 1. The monoisotopic (exact) mass is 275 g/mol. The van der Waals surface area contributed by atoms with Crippen LogP contribution in [0.25, 0.3) is 11.0 Å². The molecule has 6 heteroatoms. The third kappa shape index (κ3) is 2.16. The van der Waals surface area contributed by atoms with Crippen molar-refractivity contribution in [3.63, 3.8) is 0 Å². The number of benzene rings is 1. The molecule has 0 amide bonds. The maximum atomic E-state index is 11.3. The molecule has 0 spiro atoms. The Hall–Kier alpha value is -1.95. The molecule has 3 rings (SSSR count). The Morgan fingerprint density at radius 1 is 1.50 bits per heavy atom. The highest BCUT2D eigenvalue weighted by Crippen LogP contribution is 2.43. The molecular formula is C14H17N3O3. The number of methoxy groups -OCH3 is 1. The number of ether oxygens (including phenoxy) is 1. The van der Waals surface area contributed by atoms with Crippen LogP contribution in [0.15, 0.2) is 24.3 Å². The number of nitrogens with zero attached hydrogens (tertiary/aromatic N) is 3. The van der Waals surface area contributed by atoms with Crippen LogP contribution in [-0.2, 0) is 9.53 Å². The fourth-order valence-corrected chi connectivity index (χ4v) is 2.80. The van der Waals surface area contributed by atoms with E-state index in [1.807, 2.05) is 24.3 Å². The zero-order valence-corrected chi connectivity index (χ0v) is 11.3. The van der Waals surface area contributed by atoms with E-state index in [2.05, 4.69) is 10.3 Å². The van der Waals surface area contributed by atoms with Crippen LogP contribution in [-0.4, -0.2) is 33.2 Å². The third-order valence-corrected chi connectivity index (χ3v) is 4.14. The topological polar surface area (TPSA) is 77.2 Å². The smallest absolute Gasteiger partial charge is 0.305 e. The van der Waals surface area contributed by atoms with E-state index in [0.29, 0.717) is 6.42 Å². The molecule has 106 valence electrons. The molecule has 1 fully saturated rings. The lowest BCUT2D eigenvalue weighted by Gasteiger charge is -2.38. The number of hydrogen-bond donors (Lipinski definition) is 1. The van der Waals surface area contributed by atoms with Gasteiger partial charge in [-0.05, 0) is 30.9 Å². The molecule has 1 heterocycles. The van der Waals surface area contributed by atoms with Gasteiger partial charge in [-0.15, -0.1) is 5.10 Å². The van der Waals surface area contributed by atoms with Gasteiger partial charge in [-0.2, -0.15) is 0 Å². The van der Waals surface area contributed by atoms with E-state index in [1.54, 1.807) is 4.68 Å². The van der Waals surface area contributed by atoms with Gasteiger partial charge in [-0.1, -0.05) is 17.3 Å². The molecule has 1 aromatic carbocycles. The van der Waals surface area contributed by atoms with Crippen molar-refractivity contribution in [1.82, 2.24) is 15.0 Å². The quantitative estimate of drug-likeness (QED) is 0.856. The fourth-order valence-electron chi connectivity index (χ4n) is 2.80. The van der Waals surface area contributed by atoms with E-state index in [1.165, 1.54) is 7.11 Å². The van der Waals surface area contributed by atoms with E-state index >= 15 is 0 Å². The van der Waals surface area contributed by atoms with Crippen molar-refractivity contribution in [1.29, 1.82) is 0 Å². The lowest BCUT2D eigenvalue weighted by atomic mass is 9.71. The van der Waals surface area contributed by atoms with Crippen LogP contribution in [0.1, 0.15) is 25.5 Å². The van der Waals surface area contributed by atoms with E-state index in [0.717, 1.165) is 23.9 Å². The van der Waals surface area contributed by atoms with Crippen LogP contribution in [0.5, 0.6) is 0 Å². The van der Waals surface area contributed by atoms with E-state index in [-0.39, 0.29) is 17.8 Å². The maximum Gasteiger partial charge on any atom is 0.305 e. The number of aromatic nitrogens is 3. The second-order valence-corrected chi connectivity index (χ2v) is 5.22. The number of aliphatic hydroxyl groups is 1. The minimum atomic E-state index is -0.745. The van der Waals surface area contributed by atoms with Crippen molar-refractivity contribution < 1.29 is 14.6 Å². The second kappa shape index (κ2) is 5.20. The standard InChI is InChI=1S/C14H17N3O3/c1-20-13(18)8-9-6-7-10(9)14(19)17-12-5-3-2-4-11(12)15-16-17/h2-5,9-10,14,19H,6-8H2,1H3/t9-,10-,14-/m1/s1. The average Bonchev–Trinajstić information content (AvgIpc) is 2.87. The first-order chi connectivity index (χ1) is 9.70. The Morgan fingerprint density at radius 2 is 2.30 bits per heavy atom. The summed E-state index contributed by atoms with van der Waals surface area (Å²) in [6.45, 7) is 0. The summed E-state index contributed by atoms with van der Waals surface area (Å²) < 4.78 is 6.24. The highest BCUT2D eigenvalue weighted by Gasteiger charge is 2.39. The number of esters is 1. The molecule has 1 aliphatic carbocycles. The molecule has 1 N–H and O–H groups in total. The average molecular weight is 275 g/mol. The molecular weight excluding hydrogens is 258 g/mol. The van der Waals surface area contributed by atoms with E-state index in [9.17, 15) is 9.90 Å². The Labute approximate surface area is 116 Å². The number of para-hydroxylation sites is 1. The maximum absolute atomic E-state index is 11.3. The summed E-state index contributed by atoms with van der Waals surface area (Å²) in [6, 6.07) is 7.52. The Balaban J connectivity index is 1.79. The summed E-state index contributed by atoms with van der Waals surface area (Å²) in [5, 5.41) is 18.6. The minimum absolute atomic E-state index is 0.0270. The summed E-state index contributed by atoms with van der Waals surface area (Å²) in [5.74, 6) is -0.0463. The molecule has 0 bridgehead atoms. The SMILES string of the molecule is COC(=O)C[C@H]1CC[C@H]1[C@@H](O)n1nnc2ccccc21. The third-order valence-electron chi connectivity index (χ3n) is 4.14. The summed E-state index contributed by atoms with van der Waals surface area (Å²) in [6.07, 6.45) is 1.43. The van der Waals surface area contributed by atoms with Crippen LogP contribution < -0.4 is 0 Å². The molecule has 1 saturated carbocycles. The van der Waals surface area contributed by atoms with Crippen molar-refractivity contribution in [2.45, 2.75) is 25.5 Å². The number of aliphatic hydroxyl groups excluding tert-OH is 1. The second-order valence-electron chi connectivity index (χ2n) is 5.22. The van der Waals surface area contributed by atoms with Crippen LogP contribution in [0.3, 0.4) is 0 Å². The largest absolute Gasteiger partial charge is 0.469 e. The van der Waals surface area contributed by atoms with Gasteiger partial charge < -0.3 is 9.84 Å². The number of rotatable bonds is 4. The molecule has 0 aliphatic heterocycles. The molecule has 0 saturated heterocycles. The molecule has 3 atom stereocenters. The van der Waals surface area contributed by atoms with Crippen molar-refractivity contribution in [2.24, 2.45) is 11.8 Å².